The SMILES string of the molecule is O=[S-](=S)OO[O-].[K+].[Na+]. The fourth-order valence-electron chi connectivity index (χ4n) is 0.0227. The van der Waals surface area contributed by atoms with Gasteiger partial charge >= 0.3 is 80.9 Å². The average Bonchev–Trinajstić information content (AvgIpc) is 1.35. The molecule has 0 saturated carbocycles. The maximum atomic E-state index is 9.42. The van der Waals surface area contributed by atoms with Gasteiger partial charge in [0.05, 0.1) is 0 Å². The Morgan fingerprint density at radius 1 is 1.62 bits per heavy atom. The van der Waals surface area contributed by atoms with Crippen LogP contribution in [0.1, 0.15) is 0 Å². The second kappa shape index (κ2) is 12.6. The van der Waals surface area contributed by atoms with Crippen molar-refractivity contribution < 1.29 is 99.8 Å². The third kappa shape index (κ3) is 16.0. The quantitative estimate of drug-likeness (QED) is 0.187. The van der Waals surface area contributed by atoms with E-state index in [2.05, 4.69) is 20.6 Å². The van der Waals surface area contributed by atoms with Crippen LogP contribution in [0.4, 0.5) is 0 Å². The smallest absolute Gasteiger partial charge is 0.694 e. The Balaban J connectivity index is -0.000000125. The van der Waals surface area contributed by atoms with Crippen LogP contribution in [0.15, 0.2) is 0 Å². The molecule has 0 amide bonds. The first kappa shape index (κ1) is 17.1. The van der Waals surface area contributed by atoms with Gasteiger partial charge in [-0.25, -0.2) is 11.2 Å². The first-order chi connectivity index (χ1) is 2.77. The monoisotopic (exact) mass is 190 g/mol. The molecule has 0 aliphatic carbocycles. The first-order valence-corrected chi connectivity index (χ1v) is 2.83. The Morgan fingerprint density at radius 2 is 2.00 bits per heavy atom. The molecule has 0 atom stereocenters. The summed E-state index contributed by atoms with van der Waals surface area (Å²) < 4.78 is 12.7. The fourth-order valence-corrected chi connectivity index (χ4v) is 0.136. The molecule has 0 bridgehead atoms. The van der Waals surface area contributed by atoms with Crippen LogP contribution in [0.3, 0.4) is 0 Å². The van der Waals surface area contributed by atoms with Crippen molar-refractivity contribution in [2.45, 2.75) is 0 Å². The molecule has 0 radical (unpaired) electrons. The molecular formula is KNaO4S2. The van der Waals surface area contributed by atoms with Crippen molar-refractivity contribution in [3.05, 3.63) is 0 Å². The van der Waals surface area contributed by atoms with E-state index < -0.39 is 9.64 Å². The van der Waals surface area contributed by atoms with E-state index in [1.807, 2.05) is 0 Å². The summed E-state index contributed by atoms with van der Waals surface area (Å²) in [6, 6.07) is 0. The predicted octanol–water partition coefficient (Wildman–Crippen LogP) is -7.44. The van der Waals surface area contributed by atoms with Crippen LogP contribution in [0, 0.1) is 0 Å². The van der Waals surface area contributed by atoms with Crippen molar-refractivity contribution in [1.82, 2.24) is 0 Å². The summed E-state index contributed by atoms with van der Waals surface area (Å²) in [5.41, 5.74) is 0. The maximum absolute atomic E-state index is 9.42. The summed E-state index contributed by atoms with van der Waals surface area (Å²) in [5, 5.41) is 11.4. The van der Waals surface area contributed by atoms with Crippen LogP contribution in [-0.2, 0) is 34.4 Å². The Hall–Kier alpha value is 2.89. The van der Waals surface area contributed by atoms with Gasteiger partial charge in [-0.1, -0.05) is 9.64 Å². The first-order valence-electron chi connectivity index (χ1n) is 0.833. The Bertz CT molecular complexity index is 82.0. The molecule has 0 saturated heterocycles. The van der Waals surface area contributed by atoms with Gasteiger partial charge in [0.15, 0.2) is 0 Å². The van der Waals surface area contributed by atoms with Crippen molar-refractivity contribution in [3.8, 4) is 0 Å². The zero-order chi connectivity index (χ0) is 4.99. The van der Waals surface area contributed by atoms with E-state index in [0.29, 0.717) is 0 Å². The summed E-state index contributed by atoms with van der Waals surface area (Å²) in [5.74, 6) is 0. The molecular weight excluding hydrogens is 190 g/mol. The summed E-state index contributed by atoms with van der Waals surface area (Å²) in [6.45, 7) is 0. The molecule has 4 nitrogen and oxygen atoms in total. The number of hydrogen-bond donors (Lipinski definition) is 0. The van der Waals surface area contributed by atoms with Crippen LogP contribution in [0.25, 0.3) is 0 Å². The van der Waals surface area contributed by atoms with Gasteiger partial charge in [-0.3, -0.25) is 0 Å². The van der Waals surface area contributed by atoms with Crippen molar-refractivity contribution in [3.63, 3.8) is 0 Å². The van der Waals surface area contributed by atoms with Gasteiger partial charge < -0.3 is 18.8 Å². The average molecular weight is 190 g/mol. The molecule has 0 rings (SSSR count). The largest absolute Gasteiger partial charge is 1.00 e. The molecule has 0 N–H and O–H groups in total. The molecule has 0 aromatic rings. The number of hydrogen-bond acceptors (Lipinski definition) is 6. The van der Waals surface area contributed by atoms with Gasteiger partial charge in [-0.2, -0.15) is 0 Å². The van der Waals surface area contributed by atoms with Crippen molar-refractivity contribution >= 4 is 20.8 Å². The molecule has 8 heavy (non-hydrogen) atoms. The normalized spacial score (nSPS) is 7.25. The topological polar surface area (TPSA) is 58.6 Å². The van der Waals surface area contributed by atoms with Gasteiger partial charge in [0.2, 0.25) is 0 Å². The number of rotatable bonds is 2. The molecule has 0 aromatic heterocycles. The van der Waals surface area contributed by atoms with Crippen LogP contribution in [0.2, 0.25) is 0 Å². The molecule has 0 aromatic carbocycles. The Labute approximate surface area is 118 Å². The molecule has 0 unspecified atom stereocenters. The molecule has 38 valence electrons. The van der Waals surface area contributed by atoms with Crippen molar-refractivity contribution in [1.29, 1.82) is 0 Å². The summed E-state index contributed by atoms with van der Waals surface area (Å²) in [6.07, 6.45) is 0. The molecule has 0 heterocycles. The van der Waals surface area contributed by atoms with E-state index in [1.165, 1.54) is 0 Å². The standard InChI is InChI=1S/K.Na.HO4S2/c;;1-3-4-6(2)5/h;;1H/q2*+1;-1/p-1. The van der Waals surface area contributed by atoms with Gasteiger partial charge in [-0.05, 0) is 0 Å². The Kier molecular flexibility index (Phi) is 26.8. The van der Waals surface area contributed by atoms with E-state index >= 15 is 0 Å². The molecule has 0 fully saturated rings. The van der Waals surface area contributed by atoms with E-state index in [-0.39, 0.29) is 80.9 Å². The third-order valence-corrected chi connectivity index (χ3v) is 0.417. The summed E-state index contributed by atoms with van der Waals surface area (Å²) >= 11 is 3.80. The summed E-state index contributed by atoms with van der Waals surface area (Å²) in [4.78, 5) is 0. The minimum atomic E-state index is -2.02. The second-order valence-electron chi connectivity index (χ2n) is 0.340. The second-order valence-corrected chi connectivity index (χ2v) is 1.70. The molecule has 8 heteroatoms. The summed E-state index contributed by atoms with van der Waals surface area (Å²) in [7, 11) is -2.02. The van der Waals surface area contributed by atoms with E-state index in [0.717, 1.165) is 0 Å². The van der Waals surface area contributed by atoms with Crippen LogP contribution in [-0.4, -0.2) is 0 Å². The minimum Gasteiger partial charge on any atom is -0.694 e. The third-order valence-electron chi connectivity index (χ3n) is 0.0833. The van der Waals surface area contributed by atoms with Gasteiger partial charge in [0, 0.05) is 0 Å². The maximum Gasteiger partial charge on any atom is 1.00 e. The fraction of sp³-hybridized carbons (Fsp3) is 0. The molecule has 0 aliphatic rings. The van der Waals surface area contributed by atoms with Crippen molar-refractivity contribution in [2.75, 3.05) is 0 Å². The molecule has 0 spiro atoms. The van der Waals surface area contributed by atoms with Gasteiger partial charge in [0.25, 0.3) is 0 Å². The zero-order valence-corrected chi connectivity index (χ0v) is 11.2. The predicted molar refractivity (Wildman–Crippen MR) is 17.6 cm³/mol. The van der Waals surface area contributed by atoms with Gasteiger partial charge in [0.1, 0.15) is 0 Å². The van der Waals surface area contributed by atoms with Crippen LogP contribution in [0.5, 0.6) is 0 Å². The molecule has 0 aliphatic heterocycles. The van der Waals surface area contributed by atoms with E-state index in [1.54, 1.807) is 0 Å². The van der Waals surface area contributed by atoms with Crippen molar-refractivity contribution in [2.24, 2.45) is 0 Å². The van der Waals surface area contributed by atoms with E-state index in [4.69, 9.17) is 5.26 Å². The minimum absolute atomic E-state index is 0. The van der Waals surface area contributed by atoms with Crippen LogP contribution >= 0.6 is 0 Å². The van der Waals surface area contributed by atoms with E-state index in [9.17, 15) is 4.21 Å². The van der Waals surface area contributed by atoms with Crippen LogP contribution < -0.4 is 86.2 Å². The Morgan fingerprint density at radius 3 is 2.00 bits per heavy atom. The zero-order valence-electron chi connectivity index (χ0n) is 4.45. The van der Waals surface area contributed by atoms with Gasteiger partial charge in [-0.15, -0.1) is 0 Å².